The zero-order valence-electron chi connectivity index (χ0n) is 12.8. The summed E-state index contributed by atoms with van der Waals surface area (Å²) in [4.78, 5) is 22.2. The summed E-state index contributed by atoms with van der Waals surface area (Å²) in [7, 11) is 0. The molecule has 0 aliphatic heterocycles. The van der Waals surface area contributed by atoms with Crippen molar-refractivity contribution < 1.29 is 14.7 Å². The van der Waals surface area contributed by atoms with Gasteiger partial charge in [-0.3, -0.25) is 9.59 Å². The molecule has 0 heterocycles. The van der Waals surface area contributed by atoms with Crippen molar-refractivity contribution in [2.45, 2.75) is 45.6 Å². The zero-order chi connectivity index (χ0) is 15.9. The van der Waals surface area contributed by atoms with Crippen molar-refractivity contribution in [1.82, 2.24) is 5.32 Å². The van der Waals surface area contributed by atoms with E-state index >= 15 is 0 Å². The summed E-state index contributed by atoms with van der Waals surface area (Å²) in [6.45, 7) is 4.21. The second-order valence-corrected chi connectivity index (χ2v) is 7.32. The number of allylic oxidation sites excluding steroid dienone is 1. The summed E-state index contributed by atoms with van der Waals surface area (Å²) in [5, 5.41) is 11.4. The first-order chi connectivity index (χ1) is 9.84. The van der Waals surface area contributed by atoms with Gasteiger partial charge < -0.3 is 16.2 Å². The summed E-state index contributed by atoms with van der Waals surface area (Å²) in [5.74, 6) is 0.710. The van der Waals surface area contributed by atoms with Gasteiger partial charge in [0, 0.05) is 11.7 Å². The van der Waals surface area contributed by atoms with E-state index in [0.717, 1.165) is 31.4 Å². The predicted octanol–water partition coefficient (Wildman–Crippen LogP) is 1.98. The molecule has 0 bridgehead atoms. The first kappa shape index (κ1) is 18.0. The van der Waals surface area contributed by atoms with Crippen LogP contribution in [0.1, 0.15) is 39.5 Å². The number of amides is 1. The van der Waals surface area contributed by atoms with E-state index in [-0.39, 0.29) is 17.2 Å². The molecule has 1 rings (SSSR count). The molecule has 0 radical (unpaired) electrons. The molecule has 120 valence electrons. The maximum absolute atomic E-state index is 11.7. The molecule has 0 unspecified atom stereocenters. The van der Waals surface area contributed by atoms with Crippen LogP contribution in [0.15, 0.2) is 12.3 Å². The number of hydrogen-bond acceptors (Lipinski definition) is 4. The van der Waals surface area contributed by atoms with E-state index in [1.165, 1.54) is 0 Å². The normalized spacial score (nSPS) is 21.2. The smallest absolute Gasteiger partial charge is 0.321 e. The van der Waals surface area contributed by atoms with Crippen molar-refractivity contribution >= 4 is 23.6 Å². The second-order valence-electron chi connectivity index (χ2n) is 6.17. The van der Waals surface area contributed by atoms with Gasteiger partial charge in [0.15, 0.2) is 0 Å². The lowest BCUT2D eigenvalue weighted by Crippen LogP contribution is -2.32. The first-order valence-electron chi connectivity index (χ1n) is 7.36. The van der Waals surface area contributed by atoms with Crippen LogP contribution in [-0.2, 0) is 9.59 Å². The molecule has 0 aromatic rings. The maximum atomic E-state index is 11.7. The Morgan fingerprint density at radius 2 is 2.14 bits per heavy atom. The number of aliphatic carboxylic acids is 1. The van der Waals surface area contributed by atoms with Crippen LogP contribution in [0.5, 0.6) is 0 Å². The number of thioether (sulfide) groups is 1. The minimum atomic E-state index is -0.944. The number of rotatable bonds is 10. The summed E-state index contributed by atoms with van der Waals surface area (Å²) in [5.41, 5.74) is 5.57. The standard InChI is InChI=1S/C15H26N2O3S/c1-15(2)9-11(15)13(18)17-7-5-3-4-6-8-21-10-12(16)14(19)20/h5,7,11-12H,3-4,6,8-10,16H2,1-2H3,(H,17,18)(H,19,20)/b7-5-/t11-,12+/m1/s1. The number of nitrogens with two attached hydrogens (primary N) is 1. The van der Waals surface area contributed by atoms with Crippen LogP contribution in [0.25, 0.3) is 0 Å². The van der Waals surface area contributed by atoms with Crippen molar-refractivity contribution in [2.75, 3.05) is 11.5 Å². The Hall–Kier alpha value is -1.01. The number of carbonyl (C=O) groups is 2. The molecule has 1 amide bonds. The Morgan fingerprint density at radius 1 is 1.48 bits per heavy atom. The minimum absolute atomic E-state index is 0.120. The van der Waals surface area contributed by atoms with E-state index in [2.05, 4.69) is 19.2 Å². The quantitative estimate of drug-likeness (QED) is 0.536. The topological polar surface area (TPSA) is 92.4 Å². The SMILES string of the molecule is CC1(C)C[C@@H]1C(=O)N/C=C\CCCCSC[C@H](N)C(=O)O. The molecule has 1 saturated carbocycles. The summed E-state index contributed by atoms with van der Waals surface area (Å²) in [6.07, 6.45) is 7.65. The maximum Gasteiger partial charge on any atom is 0.321 e. The highest BCUT2D eigenvalue weighted by Gasteiger charge is 2.50. The number of unbranched alkanes of at least 4 members (excludes halogenated alkanes) is 2. The Labute approximate surface area is 130 Å². The van der Waals surface area contributed by atoms with Crippen molar-refractivity contribution in [3.05, 3.63) is 12.3 Å². The summed E-state index contributed by atoms with van der Waals surface area (Å²) in [6, 6.07) is -0.767. The Bertz CT molecular complexity index is 396. The molecule has 0 spiro atoms. The van der Waals surface area contributed by atoms with Crippen molar-refractivity contribution in [1.29, 1.82) is 0 Å². The van der Waals surface area contributed by atoms with E-state index in [1.54, 1.807) is 18.0 Å². The molecule has 4 N–H and O–H groups in total. The van der Waals surface area contributed by atoms with Gasteiger partial charge in [-0.05, 0) is 43.1 Å². The molecule has 6 heteroatoms. The molecule has 2 atom stereocenters. The molecule has 21 heavy (non-hydrogen) atoms. The van der Waals surface area contributed by atoms with Crippen LogP contribution in [0.3, 0.4) is 0 Å². The van der Waals surface area contributed by atoms with Crippen LogP contribution < -0.4 is 11.1 Å². The molecule has 1 aliphatic rings. The third kappa shape index (κ3) is 7.00. The van der Waals surface area contributed by atoms with Crippen molar-refractivity contribution in [2.24, 2.45) is 17.1 Å². The van der Waals surface area contributed by atoms with Gasteiger partial charge in [0.05, 0.1) is 0 Å². The van der Waals surface area contributed by atoms with E-state index in [0.29, 0.717) is 5.75 Å². The van der Waals surface area contributed by atoms with Gasteiger partial charge >= 0.3 is 5.97 Å². The van der Waals surface area contributed by atoms with Crippen LogP contribution >= 0.6 is 11.8 Å². The largest absolute Gasteiger partial charge is 0.480 e. The van der Waals surface area contributed by atoms with E-state index in [9.17, 15) is 9.59 Å². The van der Waals surface area contributed by atoms with Gasteiger partial charge in [0.2, 0.25) is 5.91 Å². The van der Waals surface area contributed by atoms with Gasteiger partial charge in [-0.25, -0.2) is 0 Å². The zero-order valence-corrected chi connectivity index (χ0v) is 13.6. The highest BCUT2D eigenvalue weighted by molar-refractivity contribution is 7.99. The Balaban J connectivity index is 1.93. The van der Waals surface area contributed by atoms with E-state index in [4.69, 9.17) is 10.8 Å². The molecule has 1 aliphatic carbocycles. The first-order valence-corrected chi connectivity index (χ1v) is 8.51. The number of nitrogens with one attached hydrogen (secondary N) is 1. The Morgan fingerprint density at radius 3 is 2.71 bits per heavy atom. The van der Waals surface area contributed by atoms with E-state index in [1.807, 2.05) is 6.08 Å². The minimum Gasteiger partial charge on any atom is -0.480 e. The molecule has 0 aromatic carbocycles. The predicted molar refractivity (Wildman–Crippen MR) is 86.0 cm³/mol. The average Bonchev–Trinajstić information content (AvgIpc) is 3.05. The average molecular weight is 314 g/mol. The van der Waals surface area contributed by atoms with Crippen LogP contribution in [0, 0.1) is 11.3 Å². The lowest BCUT2D eigenvalue weighted by atomic mass is 10.1. The van der Waals surface area contributed by atoms with E-state index < -0.39 is 12.0 Å². The van der Waals surface area contributed by atoms with Crippen molar-refractivity contribution in [3.63, 3.8) is 0 Å². The third-order valence-corrected chi connectivity index (χ3v) is 4.87. The number of carboxylic acids is 1. The van der Waals surface area contributed by atoms with Crippen molar-refractivity contribution in [3.8, 4) is 0 Å². The van der Waals surface area contributed by atoms with Crippen LogP contribution in [-0.4, -0.2) is 34.5 Å². The third-order valence-electron chi connectivity index (χ3n) is 3.70. The number of carbonyl (C=O) groups excluding carboxylic acids is 1. The highest BCUT2D eigenvalue weighted by atomic mass is 32.2. The molecule has 0 saturated heterocycles. The fourth-order valence-electron chi connectivity index (χ4n) is 1.99. The molecular weight excluding hydrogens is 288 g/mol. The van der Waals surface area contributed by atoms with Crippen LogP contribution in [0.4, 0.5) is 0 Å². The summed E-state index contributed by atoms with van der Waals surface area (Å²) < 4.78 is 0. The van der Waals surface area contributed by atoms with Gasteiger partial charge in [0.1, 0.15) is 6.04 Å². The lowest BCUT2D eigenvalue weighted by molar-refractivity contribution is -0.137. The van der Waals surface area contributed by atoms with Crippen LogP contribution in [0.2, 0.25) is 0 Å². The highest BCUT2D eigenvalue weighted by Crippen LogP contribution is 2.51. The number of carboxylic acid groups (broad SMARTS) is 1. The van der Waals surface area contributed by atoms with Gasteiger partial charge in [0.25, 0.3) is 0 Å². The molecule has 0 aromatic heterocycles. The molecule has 5 nitrogen and oxygen atoms in total. The number of hydrogen-bond donors (Lipinski definition) is 3. The fourth-order valence-corrected chi connectivity index (χ4v) is 2.96. The van der Waals surface area contributed by atoms with Gasteiger partial charge in [-0.15, -0.1) is 0 Å². The summed E-state index contributed by atoms with van der Waals surface area (Å²) >= 11 is 1.57. The molecule has 1 fully saturated rings. The van der Waals surface area contributed by atoms with Gasteiger partial charge in [-0.2, -0.15) is 11.8 Å². The fraction of sp³-hybridized carbons (Fsp3) is 0.733. The second kappa shape index (κ2) is 8.44. The Kier molecular flexibility index (Phi) is 7.25. The van der Waals surface area contributed by atoms with Gasteiger partial charge in [-0.1, -0.05) is 19.9 Å². The monoisotopic (exact) mass is 314 g/mol. The molecular formula is C15H26N2O3S. The lowest BCUT2D eigenvalue weighted by Gasteiger charge is -2.05.